The third-order valence-corrected chi connectivity index (χ3v) is 5.67. The molecule has 158 valence electrons. The van der Waals surface area contributed by atoms with Gasteiger partial charge in [-0.3, -0.25) is 4.79 Å². The summed E-state index contributed by atoms with van der Waals surface area (Å²) >= 11 is 1.39. The van der Waals surface area contributed by atoms with E-state index < -0.39 is 11.7 Å². The Morgan fingerprint density at radius 3 is 2.33 bits per heavy atom. The number of hydrogen-bond donors (Lipinski definition) is 0. The van der Waals surface area contributed by atoms with E-state index >= 15 is 0 Å². The van der Waals surface area contributed by atoms with Gasteiger partial charge in [0.05, 0.1) is 23.2 Å². The molecule has 4 nitrogen and oxygen atoms in total. The first-order valence-electron chi connectivity index (χ1n) is 9.19. The van der Waals surface area contributed by atoms with Gasteiger partial charge in [-0.2, -0.15) is 13.2 Å². The van der Waals surface area contributed by atoms with Crippen molar-refractivity contribution < 1.29 is 27.4 Å². The van der Waals surface area contributed by atoms with E-state index in [0.717, 1.165) is 28.3 Å². The Morgan fingerprint density at radius 1 is 1.07 bits per heavy atom. The third kappa shape index (κ3) is 5.60. The van der Waals surface area contributed by atoms with E-state index in [1.165, 1.54) is 30.6 Å². The summed E-state index contributed by atoms with van der Waals surface area (Å²) in [5, 5.41) is 0.651. The molecule has 0 N–H and O–H groups in total. The van der Waals surface area contributed by atoms with E-state index in [-0.39, 0.29) is 5.97 Å². The highest BCUT2D eigenvalue weighted by molar-refractivity contribution is 7.15. The number of carbonyl (C=O) groups is 1. The fourth-order valence-corrected chi connectivity index (χ4v) is 3.72. The Labute approximate surface area is 176 Å². The lowest BCUT2D eigenvalue weighted by molar-refractivity contribution is -0.140. The number of aromatic nitrogens is 1. The van der Waals surface area contributed by atoms with Gasteiger partial charge in [0.15, 0.2) is 0 Å². The molecule has 0 saturated carbocycles. The van der Waals surface area contributed by atoms with Crippen LogP contribution in [0.2, 0.25) is 0 Å². The lowest BCUT2D eigenvalue weighted by atomic mass is 10.1. The molecule has 0 fully saturated rings. The van der Waals surface area contributed by atoms with Crippen molar-refractivity contribution in [2.75, 3.05) is 7.11 Å². The van der Waals surface area contributed by atoms with E-state index in [0.29, 0.717) is 35.8 Å². The van der Waals surface area contributed by atoms with Crippen molar-refractivity contribution in [3.8, 4) is 16.3 Å². The molecule has 0 bridgehead atoms. The highest BCUT2D eigenvalue weighted by Gasteiger charge is 2.30. The number of hydrogen-bond acceptors (Lipinski definition) is 5. The lowest BCUT2D eigenvalue weighted by Gasteiger charge is -2.07. The second kappa shape index (κ2) is 9.30. The van der Waals surface area contributed by atoms with Gasteiger partial charge in [0, 0.05) is 12.0 Å². The SMILES string of the molecule is COC(=O)CCc1ccc(OCc2sc(-c3ccc(C(F)(F)F)cc3)nc2C)cc1. The Morgan fingerprint density at radius 2 is 1.73 bits per heavy atom. The van der Waals surface area contributed by atoms with Crippen LogP contribution in [0.3, 0.4) is 0 Å². The molecule has 0 aliphatic rings. The number of methoxy groups -OCH3 is 1. The van der Waals surface area contributed by atoms with Crippen LogP contribution in [0, 0.1) is 6.92 Å². The molecule has 0 radical (unpaired) electrons. The minimum atomic E-state index is -4.36. The molecule has 8 heteroatoms. The molecule has 0 unspecified atom stereocenters. The molecule has 2 aromatic carbocycles. The number of alkyl halides is 3. The van der Waals surface area contributed by atoms with Gasteiger partial charge in [0.2, 0.25) is 0 Å². The number of rotatable bonds is 7. The Kier molecular flexibility index (Phi) is 6.77. The molecule has 0 aliphatic carbocycles. The van der Waals surface area contributed by atoms with Gasteiger partial charge in [0.25, 0.3) is 0 Å². The molecular formula is C22H20F3NO3S. The number of thiazole rings is 1. The van der Waals surface area contributed by atoms with Crippen molar-refractivity contribution >= 4 is 17.3 Å². The van der Waals surface area contributed by atoms with E-state index in [1.807, 2.05) is 31.2 Å². The summed E-state index contributed by atoms with van der Waals surface area (Å²) in [4.78, 5) is 16.6. The summed E-state index contributed by atoms with van der Waals surface area (Å²) in [6, 6.07) is 12.4. The van der Waals surface area contributed by atoms with Crippen molar-refractivity contribution in [2.24, 2.45) is 0 Å². The number of ether oxygens (including phenoxy) is 2. The van der Waals surface area contributed by atoms with Crippen LogP contribution in [0.1, 0.15) is 28.1 Å². The van der Waals surface area contributed by atoms with Crippen LogP contribution >= 0.6 is 11.3 Å². The number of benzene rings is 2. The van der Waals surface area contributed by atoms with Crippen molar-refractivity contribution in [1.82, 2.24) is 4.98 Å². The number of esters is 1. The molecule has 3 rings (SSSR count). The van der Waals surface area contributed by atoms with Gasteiger partial charge < -0.3 is 9.47 Å². The Balaban J connectivity index is 1.61. The predicted molar refractivity (Wildman–Crippen MR) is 108 cm³/mol. The van der Waals surface area contributed by atoms with Crippen molar-refractivity contribution in [2.45, 2.75) is 32.5 Å². The normalized spacial score (nSPS) is 11.4. The summed E-state index contributed by atoms with van der Waals surface area (Å²) in [6.45, 7) is 2.16. The van der Waals surface area contributed by atoms with Crippen molar-refractivity contribution in [3.05, 3.63) is 70.2 Å². The number of nitrogens with zero attached hydrogens (tertiary/aromatic N) is 1. The van der Waals surface area contributed by atoms with E-state index in [9.17, 15) is 18.0 Å². The van der Waals surface area contributed by atoms with Crippen LogP contribution in [-0.2, 0) is 28.7 Å². The monoisotopic (exact) mass is 435 g/mol. The van der Waals surface area contributed by atoms with E-state index in [2.05, 4.69) is 9.72 Å². The van der Waals surface area contributed by atoms with Crippen LogP contribution in [0.5, 0.6) is 5.75 Å². The van der Waals surface area contributed by atoms with Gasteiger partial charge in [-0.25, -0.2) is 4.98 Å². The molecule has 0 spiro atoms. The predicted octanol–water partition coefficient (Wildman–Crippen LogP) is 5.82. The first kappa shape index (κ1) is 21.8. The first-order chi connectivity index (χ1) is 14.3. The molecule has 1 heterocycles. The quantitative estimate of drug-likeness (QED) is 0.439. The number of halogens is 3. The Bertz CT molecular complexity index is 996. The summed E-state index contributed by atoms with van der Waals surface area (Å²) in [7, 11) is 1.36. The zero-order chi connectivity index (χ0) is 21.7. The zero-order valence-corrected chi connectivity index (χ0v) is 17.3. The van der Waals surface area contributed by atoms with Gasteiger partial charge in [-0.05, 0) is 43.2 Å². The van der Waals surface area contributed by atoms with E-state index in [1.54, 1.807) is 0 Å². The van der Waals surface area contributed by atoms with Gasteiger partial charge in [0.1, 0.15) is 17.4 Å². The summed E-state index contributed by atoms with van der Waals surface area (Å²) in [5.74, 6) is 0.431. The summed E-state index contributed by atoms with van der Waals surface area (Å²) < 4.78 is 48.6. The largest absolute Gasteiger partial charge is 0.488 e. The summed E-state index contributed by atoms with van der Waals surface area (Å²) in [6.07, 6.45) is -3.44. The second-order valence-corrected chi connectivity index (χ2v) is 7.70. The molecule has 30 heavy (non-hydrogen) atoms. The maximum absolute atomic E-state index is 12.7. The van der Waals surface area contributed by atoms with E-state index in [4.69, 9.17) is 4.74 Å². The lowest BCUT2D eigenvalue weighted by Crippen LogP contribution is -2.03. The number of aryl methyl sites for hydroxylation is 2. The molecule has 3 aromatic rings. The van der Waals surface area contributed by atoms with Gasteiger partial charge >= 0.3 is 12.1 Å². The minimum Gasteiger partial charge on any atom is -0.488 e. The first-order valence-corrected chi connectivity index (χ1v) is 10.0. The second-order valence-electron chi connectivity index (χ2n) is 6.61. The zero-order valence-electron chi connectivity index (χ0n) is 16.5. The maximum atomic E-state index is 12.7. The molecule has 1 aromatic heterocycles. The molecule has 0 saturated heterocycles. The standard InChI is InChI=1S/C22H20F3NO3S/c1-14-19(13-29-18-10-3-15(4-11-18)5-12-20(27)28-2)30-21(26-14)16-6-8-17(9-7-16)22(23,24)25/h3-4,6-11H,5,12-13H2,1-2H3. The van der Waals surface area contributed by atoms with Gasteiger partial charge in [-0.1, -0.05) is 24.3 Å². The molecule has 0 amide bonds. The van der Waals surface area contributed by atoms with Crippen LogP contribution in [0.15, 0.2) is 48.5 Å². The van der Waals surface area contributed by atoms with Crippen molar-refractivity contribution in [1.29, 1.82) is 0 Å². The van der Waals surface area contributed by atoms with Gasteiger partial charge in [-0.15, -0.1) is 11.3 Å². The van der Waals surface area contributed by atoms with Crippen molar-refractivity contribution in [3.63, 3.8) is 0 Å². The topological polar surface area (TPSA) is 48.4 Å². The highest BCUT2D eigenvalue weighted by atomic mass is 32.1. The van der Waals surface area contributed by atoms with Crippen LogP contribution < -0.4 is 4.74 Å². The molecule has 0 atom stereocenters. The van der Waals surface area contributed by atoms with Crippen LogP contribution in [0.4, 0.5) is 13.2 Å². The molecular weight excluding hydrogens is 415 g/mol. The highest BCUT2D eigenvalue weighted by Crippen LogP contribution is 2.33. The smallest absolute Gasteiger partial charge is 0.416 e. The Hall–Kier alpha value is -2.87. The fraction of sp³-hybridized carbons (Fsp3) is 0.273. The van der Waals surface area contributed by atoms with Crippen LogP contribution in [-0.4, -0.2) is 18.1 Å². The fourth-order valence-electron chi connectivity index (χ4n) is 2.74. The number of carbonyl (C=O) groups excluding carboxylic acids is 1. The average Bonchev–Trinajstić information content (AvgIpc) is 3.11. The maximum Gasteiger partial charge on any atom is 0.416 e. The molecule has 0 aliphatic heterocycles. The third-order valence-electron chi connectivity index (χ3n) is 4.49. The van der Waals surface area contributed by atoms with Crippen LogP contribution in [0.25, 0.3) is 10.6 Å². The minimum absolute atomic E-state index is 0.250. The average molecular weight is 435 g/mol. The summed E-state index contributed by atoms with van der Waals surface area (Å²) in [5.41, 5.74) is 1.74.